The smallest absolute Gasteiger partial charge is 0.134 e. The van der Waals surface area contributed by atoms with Crippen molar-refractivity contribution in [2.24, 2.45) is 0 Å². The van der Waals surface area contributed by atoms with Gasteiger partial charge in [0.15, 0.2) is 0 Å². The standard InChI is InChI=1S/C13H21NO2/c1-2-3-4-8-11-14(15,16)12-13-9-6-5-7-10-13/h5-7,9-10,15H,2-4,8,11-12H2,1H3. The van der Waals surface area contributed by atoms with Gasteiger partial charge in [0.2, 0.25) is 0 Å². The summed E-state index contributed by atoms with van der Waals surface area (Å²) in [5, 5.41) is 21.4. The molecule has 16 heavy (non-hydrogen) atoms. The minimum absolute atomic E-state index is 0.146. The van der Waals surface area contributed by atoms with Gasteiger partial charge in [-0.1, -0.05) is 50.1 Å². The Balaban J connectivity index is 2.33. The average Bonchev–Trinajstić information content (AvgIpc) is 2.25. The van der Waals surface area contributed by atoms with Gasteiger partial charge in [-0.3, -0.25) is 0 Å². The maximum Gasteiger partial charge on any atom is 0.134 e. The molecule has 0 spiro atoms. The molecular formula is C13H21NO2. The van der Waals surface area contributed by atoms with Crippen LogP contribution in [0.1, 0.15) is 38.2 Å². The van der Waals surface area contributed by atoms with E-state index in [1.54, 1.807) is 0 Å². The van der Waals surface area contributed by atoms with Crippen molar-refractivity contribution in [1.82, 2.24) is 0 Å². The molecule has 0 bridgehead atoms. The summed E-state index contributed by atoms with van der Waals surface area (Å²) in [5.41, 5.74) is 0.885. The first-order chi connectivity index (χ1) is 7.64. The predicted octanol–water partition coefficient (Wildman–Crippen LogP) is 3.47. The van der Waals surface area contributed by atoms with Gasteiger partial charge in [0, 0.05) is 5.56 Å². The summed E-state index contributed by atoms with van der Waals surface area (Å²) in [5.74, 6) is 0. The van der Waals surface area contributed by atoms with Crippen LogP contribution in [0.4, 0.5) is 0 Å². The SMILES string of the molecule is CCCCCC[N+]([O-])(O)Cc1ccccc1. The van der Waals surface area contributed by atoms with E-state index in [-0.39, 0.29) is 13.1 Å². The van der Waals surface area contributed by atoms with Crippen LogP contribution in [0.3, 0.4) is 0 Å². The Morgan fingerprint density at radius 3 is 2.44 bits per heavy atom. The normalized spacial score (nSPS) is 14.7. The molecule has 0 aliphatic carbocycles. The zero-order valence-corrected chi connectivity index (χ0v) is 9.93. The molecule has 0 saturated carbocycles. The molecule has 3 heteroatoms. The molecule has 0 radical (unpaired) electrons. The first-order valence-electron chi connectivity index (χ1n) is 5.99. The lowest BCUT2D eigenvalue weighted by atomic mass is 10.2. The number of rotatable bonds is 7. The van der Waals surface area contributed by atoms with E-state index >= 15 is 0 Å². The number of quaternary nitrogens is 1. The van der Waals surface area contributed by atoms with Crippen molar-refractivity contribution in [3.63, 3.8) is 0 Å². The molecule has 1 aromatic rings. The topological polar surface area (TPSA) is 43.3 Å². The van der Waals surface area contributed by atoms with E-state index in [0.29, 0.717) is 0 Å². The number of benzene rings is 1. The second-order valence-electron chi connectivity index (χ2n) is 4.27. The Bertz CT molecular complexity index is 285. The van der Waals surface area contributed by atoms with Crippen molar-refractivity contribution >= 4 is 0 Å². The lowest BCUT2D eigenvalue weighted by molar-refractivity contribution is -1.07. The molecule has 0 amide bonds. The number of hydrogen-bond donors (Lipinski definition) is 1. The van der Waals surface area contributed by atoms with E-state index in [2.05, 4.69) is 6.92 Å². The first kappa shape index (κ1) is 13.2. The highest BCUT2D eigenvalue weighted by molar-refractivity contribution is 5.13. The second-order valence-corrected chi connectivity index (χ2v) is 4.27. The zero-order valence-electron chi connectivity index (χ0n) is 9.93. The second kappa shape index (κ2) is 6.63. The summed E-state index contributed by atoms with van der Waals surface area (Å²) in [4.78, 5) is -1.15. The van der Waals surface area contributed by atoms with Crippen molar-refractivity contribution in [2.75, 3.05) is 6.54 Å². The lowest BCUT2D eigenvalue weighted by Crippen LogP contribution is -2.38. The monoisotopic (exact) mass is 223 g/mol. The molecule has 1 aromatic carbocycles. The Morgan fingerprint density at radius 2 is 1.81 bits per heavy atom. The minimum Gasteiger partial charge on any atom is -0.598 e. The fraction of sp³-hybridized carbons (Fsp3) is 0.538. The van der Waals surface area contributed by atoms with Crippen LogP contribution in [0, 0.1) is 5.21 Å². The predicted molar refractivity (Wildman–Crippen MR) is 64.6 cm³/mol. The van der Waals surface area contributed by atoms with Crippen LogP contribution in [0.25, 0.3) is 0 Å². The molecule has 0 fully saturated rings. The average molecular weight is 223 g/mol. The number of hydrogen-bond acceptors (Lipinski definition) is 2. The summed E-state index contributed by atoms with van der Waals surface area (Å²) in [7, 11) is 0. The Labute approximate surface area is 97.5 Å². The van der Waals surface area contributed by atoms with Crippen molar-refractivity contribution < 1.29 is 10.0 Å². The van der Waals surface area contributed by atoms with Crippen molar-refractivity contribution in [1.29, 1.82) is 0 Å². The number of nitrogens with zero attached hydrogens (tertiary/aromatic N) is 1. The summed E-state index contributed by atoms with van der Waals surface area (Å²) in [6, 6.07) is 9.40. The quantitative estimate of drug-likeness (QED) is 0.437. The molecule has 1 atom stereocenters. The fourth-order valence-electron chi connectivity index (χ4n) is 1.73. The van der Waals surface area contributed by atoms with E-state index in [1.165, 1.54) is 0 Å². The van der Waals surface area contributed by atoms with Gasteiger partial charge in [0.05, 0.1) is 0 Å². The lowest BCUT2D eigenvalue weighted by Gasteiger charge is -2.33. The number of hydroxylamine groups is 4. The van der Waals surface area contributed by atoms with Gasteiger partial charge in [0.1, 0.15) is 13.1 Å². The Morgan fingerprint density at radius 1 is 1.12 bits per heavy atom. The van der Waals surface area contributed by atoms with Crippen LogP contribution in [-0.4, -0.2) is 16.6 Å². The van der Waals surface area contributed by atoms with Crippen LogP contribution in [0.15, 0.2) is 30.3 Å². The number of unbranched alkanes of at least 4 members (excludes halogenated alkanes) is 3. The molecule has 0 aromatic heterocycles. The molecule has 0 heterocycles. The highest BCUT2D eigenvalue weighted by atomic mass is 16.8. The largest absolute Gasteiger partial charge is 0.598 e. The molecular weight excluding hydrogens is 202 g/mol. The van der Waals surface area contributed by atoms with E-state index in [9.17, 15) is 10.4 Å². The zero-order chi connectivity index (χ0) is 11.9. The van der Waals surface area contributed by atoms with E-state index in [0.717, 1.165) is 31.2 Å². The van der Waals surface area contributed by atoms with Gasteiger partial charge in [-0.25, -0.2) is 10.0 Å². The summed E-state index contributed by atoms with van der Waals surface area (Å²) in [6.07, 6.45) is 4.09. The summed E-state index contributed by atoms with van der Waals surface area (Å²) < 4.78 is 0. The molecule has 0 saturated heterocycles. The third-order valence-corrected chi connectivity index (χ3v) is 2.63. The van der Waals surface area contributed by atoms with Gasteiger partial charge < -0.3 is 5.21 Å². The first-order valence-corrected chi connectivity index (χ1v) is 5.99. The van der Waals surface area contributed by atoms with Crippen LogP contribution >= 0.6 is 0 Å². The van der Waals surface area contributed by atoms with Gasteiger partial charge in [-0.2, -0.15) is 0 Å². The maximum atomic E-state index is 11.7. The van der Waals surface area contributed by atoms with Crippen molar-refractivity contribution in [3.05, 3.63) is 41.1 Å². The van der Waals surface area contributed by atoms with Crippen LogP contribution in [0.2, 0.25) is 0 Å². The molecule has 90 valence electrons. The van der Waals surface area contributed by atoms with Gasteiger partial charge >= 0.3 is 0 Å². The Hall–Kier alpha value is -0.900. The highest BCUT2D eigenvalue weighted by Gasteiger charge is 2.13. The molecule has 1 unspecified atom stereocenters. The fourth-order valence-corrected chi connectivity index (χ4v) is 1.73. The third-order valence-electron chi connectivity index (χ3n) is 2.63. The molecule has 1 rings (SSSR count). The van der Waals surface area contributed by atoms with Crippen molar-refractivity contribution in [3.8, 4) is 0 Å². The maximum absolute atomic E-state index is 11.7. The summed E-state index contributed by atoms with van der Waals surface area (Å²) >= 11 is 0. The van der Waals surface area contributed by atoms with Gasteiger partial charge in [-0.05, 0) is 12.8 Å². The molecule has 0 aliphatic heterocycles. The van der Waals surface area contributed by atoms with Crippen LogP contribution in [0.5, 0.6) is 0 Å². The van der Waals surface area contributed by atoms with Crippen LogP contribution < -0.4 is 0 Å². The van der Waals surface area contributed by atoms with E-state index < -0.39 is 4.81 Å². The third kappa shape index (κ3) is 5.26. The van der Waals surface area contributed by atoms with Gasteiger partial charge in [0.25, 0.3) is 0 Å². The Kier molecular flexibility index (Phi) is 5.46. The molecule has 3 nitrogen and oxygen atoms in total. The van der Waals surface area contributed by atoms with E-state index in [1.807, 2.05) is 30.3 Å². The van der Waals surface area contributed by atoms with E-state index in [4.69, 9.17) is 0 Å². The van der Waals surface area contributed by atoms with Gasteiger partial charge in [-0.15, -0.1) is 0 Å². The molecule has 1 N–H and O–H groups in total. The molecule has 0 aliphatic rings. The van der Waals surface area contributed by atoms with Crippen LogP contribution in [-0.2, 0) is 6.54 Å². The minimum atomic E-state index is -1.15. The highest BCUT2D eigenvalue weighted by Crippen LogP contribution is 2.12. The summed E-state index contributed by atoms with van der Waals surface area (Å²) in [6.45, 7) is 2.56. The van der Waals surface area contributed by atoms with Crippen molar-refractivity contribution in [2.45, 2.75) is 39.2 Å².